The van der Waals surface area contributed by atoms with Crippen molar-refractivity contribution in [2.45, 2.75) is 13.3 Å². The van der Waals surface area contributed by atoms with Crippen LogP contribution in [0, 0.1) is 0 Å². The van der Waals surface area contributed by atoms with E-state index in [4.69, 9.17) is 0 Å². The molecule has 2 heteroatoms. The minimum atomic E-state index is 1.03. The van der Waals surface area contributed by atoms with Gasteiger partial charge in [0.2, 0.25) is 0 Å². The summed E-state index contributed by atoms with van der Waals surface area (Å²) in [6.07, 6.45) is 16.3. The smallest absolute Gasteiger partial charge is 0.0366 e. The molecule has 0 bridgehead atoms. The van der Waals surface area contributed by atoms with E-state index in [1.807, 2.05) is 0 Å². The maximum atomic E-state index is 2.51. The SMILES string of the molecule is CCN1CCN(C2=CC=CCC=CC=C2)CC1. The molecule has 0 N–H and O–H groups in total. The van der Waals surface area contributed by atoms with E-state index in [0.29, 0.717) is 0 Å². The maximum absolute atomic E-state index is 2.51. The van der Waals surface area contributed by atoms with Gasteiger partial charge in [-0.25, -0.2) is 0 Å². The van der Waals surface area contributed by atoms with Gasteiger partial charge in [0, 0.05) is 31.9 Å². The number of likely N-dealkylation sites (N-methyl/N-ethyl adjacent to an activating group) is 1. The van der Waals surface area contributed by atoms with Gasteiger partial charge in [0.1, 0.15) is 0 Å². The van der Waals surface area contributed by atoms with E-state index in [0.717, 1.165) is 19.5 Å². The Labute approximate surface area is 105 Å². The summed E-state index contributed by atoms with van der Waals surface area (Å²) in [5, 5.41) is 0. The third-order valence-electron chi connectivity index (χ3n) is 3.37. The molecule has 0 aromatic carbocycles. The Balaban J connectivity index is 2.01. The summed E-state index contributed by atoms with van der Waals surface area (Å²) in [7, 11) is 0. The van der Waals surface area contributed by atoms with E-state index < -0.39 is 0 Å². The van der Waals surface area contributed by atoms with Crippen LogP contribution in [-0.2, 0) is 0 Å². The van der Waals surface area contributed by atoms with Crippen molar-refractivity contribution in [1.82, 2.24) is 9.80 Å². The summed E-state index contributed by atoms with van der Waals surface area (Å²) in [6.45, 7) is 8.05. The van der Waals surface area contributed by atoms with Gasteiger partial charge < -0.3 is 9.80 Å². The van der Waals surface area contributed by atoms with Crippen LogP contribution in [0.3, 0.4) is 0 Å². The van der Waals surface area contributed by atoms with Crippen LogP contribution in [-0.4, -0.2) is 42.5 Å². The minimum Gasteiger partial charge on any atom is -0.369 e. The Kier molecular flexibility index (Phi) is 4.63. The highest BCUT2D eigenvalue weighted by Gasteiger charge is 2.15. The van der Waals surface area contributed by atoms with Gasteiger partial charge >= 0.3 is 0 Å². The molecule has 0 aromatic rings. The summed E-state index contributed by atoms with van der Waals surface area (Å²) in [6, 6.07) is 0. The summed E-state index contributed by atoms with van der Waals surface area (Å²) in [5.41, 5.74) is 1.34. The molecule has 2 aliphatic rings. The zero-order valence-corrected chi connectivity index (χ0v) is 10.7. The molecule has 0 radical (unpaired) electrons. The van der Waals surface area contributed by atoms with Gasteiger partial charge in [-0.15, -0.1) is 0 Å². The summed E-state index contributed by atoms with van der Waals surface area (Å²) < 4.78 is 0. The van der Waals surface area contributed by atoms with Crippen LogP contribution < -0.4 is 0 Å². The molecule has 0 saturated carbocycles. The highest BCUT2D eigenvalue weighted by Crippen LogP contribution is 2.12. The van der Waals surface area contributed by atoms with Crippen molar-refractivity contribution < 1.29 is 0 Å². The van der Waals surface area contributed by atoms with Crippen LogP contribution in [0.4, 0.5) is 0 Å². The van der Waals surface area contributed by atoms with E-state index in [-0.39, 0.29) is 0 Å². The lowest BCUT2D eigenvalue weighted by Gasteiger charge is -2.36. The number of rotatable bonds is 2. The van der Waals surface area contributed by atoms with Gasteiger partial charge in [-0.05, 0) is 25.1 Å². The number of allylic oxidation sites excluding steroid dienone is 7. The molecular formula is C15H22N2. The Morgan fingerprint density at radius 3 is 2.53 bits per heavy atom. The number of hydrogen-bond donors (Lipinski definition) is 0. The second kappa shape index (κ2) is 6.45. The topological polar surface area (TPSA) is 6.48 Å². The van der Waals surface area contributed by atoms with Crippen molar-refractivity contribution in [3.8, 4) is 0 Å². The lowest BCUT2D eigenvalue weighted by atomic mass is 10.2. The zero-order valence-electron chi connectivity index (χ0n) is 10.7. The molecule has 2 rings (SSSR count). The fourth-order valence-corrected chi connectivity index (χ4v) is 2.22. The zero-order chi connectivity index (χ0) is 11.9. The molecular weight excluding hydrogens is 208 g/mol. The van der Waals surface area contributed by atoms with Crippen molar-refractivity contribution >= 4 is 0 Å². The molecule has 1 aliphatic heterocycles. The number of hydrogen-bond acceptors (Lipinski definition) is 2. The molecule has 0 unspecified atom stereocenters. The van der Waals surface area contributed by atoms with Crippen LogP contribution in [0.1, 0.15) is 13.3 Å². The molecule has 0 atom stereocenters. The molecule has 1 aliphatic carbocycles. The van der Waals surface area contributed by atoms with Crippen molar-refractivity contribution in [3.05, 3.63) is 48.2 Å². The fourth-order valence-electron chi connectivity index (χ4n) is 2.22. The van der Waals surface area contributed by atoms with E-state index >= 15 is 0 Å². The summed E-state index contributed by atoms with van der Waals surface area (Å²) >= 11 is 0. The Hall–Kier alpha value is -1.28. The van der Waals surface area contributed by atoms with Gasteiger partial charge in [-0.3, -0.25) is 0 Å². The van der Waals surface area contributed by atoms with E-state index in [1.165, 1.54) is 25.3 Å². The molecule has 1 fully saturated rings. The van der Waals surface area contributed by atoms with Crippen molar-refractivity contribution in [1.29, 1.82) is 0 Å². The van der Waals surface area contributed by atoms with Crippen LogP contribution in [0.25, 0.3) is 0 Å². The molecule has 1 saturated heterocycles. The average Bonchev–Trinajstić information content (AvgIpc) is 2.52. The second-order valence-corrected chi connectivity index (χ2v) is 4.46. The first-order valence-corrected chi connectivity index (χ1v) is 6.57. The quantitative estimate of drug-likeness (QED) is 0.719. The first-order valence-electron chi connectivity index (χ1n) is 6.57. The van der Waals surface area contributed by atoms with Crippen LogP contribution in [0.5, 0.6) is 0 Å². The highest BCUT2D eigenvalue weighted by atomic mass is 15.3. The Bertz CT molecular complexity index is 342. The van der Waals surface area contributed by atoms with Crippen molar-refractivity contribution in [2.24, 2.45) is 0 Å². The molecule has 0 aromatic heterocycles. The molecule has 0 amide bonds. The van der Waals surface area contributed by atoms with Gasteiger partial charge in [-0.2, -0.15) is 0 Å². The third kappa shape index (κ3) is 3.60. The van der Waals surface area contributed by atoms with Crippen molar-refractivity contribution in [2.75, 3.05) is 32.7 Å². The molecule has 92 valence electrons. The van der Waals surface area contributed by atoms with Gasteiger partial charge in [0.25, 0.3) is 0 Å². The summed E-state index contributed by atoms with van der Waals surface area (Å²) in [4.78, 5) is 4.98. The van der Waals surface area contributed by atoms with Crippen molar-refractivity contribution in [3.63, 3.8) is 0 Å². The predicted molar refractivity (Wildman–Crippen MR) is 73.8 cm³/mol. The Morgan fingerprint density at radius 2 is 1.76 bits per heavy atom. The fraction of sp³-hybridized carbons (Fsp3) is 0.467. The largest absolute Gasteiger partial charge is 0.369 e. The van der Waals surface area contributed by atoms with Gasteiger partial charge in [0.15, 0.2) is 0 Å². The third-order valence-corrected chi connectivity index (χ3v) is 3.37. The summed E-state index contributed by atoms with van der Waals surface area (Å²) in [5.74, 6) is 0. The van der Waals surface area contributed by atoms with Gasteiger partial charge in [-0.1, -0.05) is 37.3 Å². The minimum absolute atomic E-state index is 1.03. The first-order chi connectivity index (χ1) is 8.40. The van der Waals surface area contributed by atoms with E-state index in [2.05, 4.69) is 59.3 Å². The average molecular weight is 230 g/mol. The number of piperazine rings is 1. The Morgan fingerprint density at radius 1 is 1.00 bits per heavy atom. The van der Waals surface area contributed by atoms with Crippen LogP contribution >= 0.6 is 0 Å². The normalized spacial score (nSPS) is 21.9. The van der Waals surface area contributed by atoms with Crippen LogP contribution in [0.2, 0.25) is 0 Å². The molecule has 1 heterocycles. The van der Waals surface area contributed by atoms with Crippen LogP contribution in [0.15, 0.2) is 48.2 Å². The highest BCUT2D eigenvalue weighted by molar-refractivity contribution is 5.27. The first kappa shape index (κ1) is 12.2. The standard InChI is InChI=1S/C15H22N2/c1-2-16-11-13-17(14-12-16)15-9-7-5-3-4-6-8-10-15/h3,5-10H,2,4,11-14H2,1H3. The monoisotopic (exact) mass is 230 g/mol. The molecule has 17 heavy (non-hydrogen) atoms. The lowest BCUT2D eigenvalue weighted by Crippen LogP contribution is -2.45. The second-order valence-electron chi connectivity index (χ2n) is 4.46. The van der Waals surface area contributed by atoms with E-state index in [1.54, 1.807) is 0 Å². The maximum Gasteiger partial charge on any atom is 0.0366 e. The van der Waals surface area contributed by atoms with Gasteiger partial charge in [0.05, 0.1) is 0 Å². The molecule has 2 nitrogen and oxygen atoms in total. The van der Waals surface area contributed by atoms with E-state index in [9.17, 15) is 0 Å². The lowest BCUT2D eigenvalue weighted by molar-refractivity contribution is 0.168. The predicted octanol–water partition coefficient (Wildman–Crippen LogP) is 2.58. The molecule has 0 spiro atoms. The number of nitrogens with zero attached hydrogens (tertiary/aromatic N) is 2.